The molecule has 4 rings (SSSR count). The largest absolute Gasteiger partial charge is 0.481 e. The van der Waals surface area contributed by atoms with Crippen molar-refractivity contribution in [3.63, 3.8) is 0 Å². The number of aliphatic hydroxyl groups is 2. The maximum atomic E-state index is 13.0. The second-order valence-corrected chi connectivity index (χ2v) is 13.1. The van der Waals surface area contributed by atoms with Crippen LogP contribution in [0.15, 0.2) is 48.5 Å². The number of hydrogen-bond acceptors (Lipinski definition) is 12. The molecule has 1 atom stereocenters. The number of nitrogens with zero attached hydrogens (tertiary/aromatic N) is 2. The number of hydrogen-bond donors (Lipinski definition) is 10. The normalized spacial score (nSPS) is 14.6. The van der Waals surface area contributed by atoms with Crippen molar-refractivity contribution in [3.05, 3.63) is 65.2 Å². The van der Waals surface area contributed by atoms with Crippen molar-refractivity contribution in [2.45, 2.75) is 62.2 Å². The van der Waals surface area contributed by atoms with Crippen LogP contribution in [-0.2, 0) is 40.0 Å². The second-order valence-electron chi connectivity index (χ2n) is 13.1. The molecule has 1 saturated heterocycles. The fourth-order valence-electron chi connectivity index (χ4n) is 5.78. The number of aryl methyl sites for hydroxylation is 1. The average Bonchev–Trinajstić information content (AvgIpc) is 3.11. The fourth-order valence-corrected chi connectivity index (χ4v) is 5.78. The molecule has 1 unspecified atom stereocenters. The summed E-state index contributed by atoms with van der Waals surface area (Å²) in [5, 5.41) is 73.9. The number of fused-ring (bicyclic) bond motifs is 1. The molecule has 0 aliphatic carbocycles. The molecule has 20 heteroatoms. The first-order valence-electron chi connectivity index (χ1n) is 17.1. The molecule has 2 aliphatic heterocycles. The van der Waals surface area contributed by atoms with Gasteiger partial charge in [0.15, 0.2) is 11.2 Å². The molecule has 1 fully saturated rings. The summed E-state index contributed by atoms with van der Waals surface area (Å²) < 4.78 is 0. The third kappa shape index (κ3) is 14.7. The van der Waals surface area contributed by atoms with E-state index in [1.54, 1.807) is 0 Å². The lowest BCUT2D eigenvalue weighted by Gasteiger charge is -2.35. The number of carboxylic acid groups (broad SMARTS) is 6. The van der Waals surface area contributed by atoms with Gasteiger partial charge in [0, 0.05) is 56.4 Å². The van der Waals surface area contributed by atoms with E-state index in [-0.39, 0.29) is 11.8 Å². The van der Waals surface area contributed by atoms with Crippen molar-refractivity contribution in [1.29, 1.82) is 0 Å². The topological polar surface area (TPSA) is 329 Å². The minimum absolute atomic E-state index is 0.0467. The Labute approximate surface area is 320 Å². The lowest BCUT2D eigenvalue weighted by molar-refractivity contribution is -0.170. The summed E-state index contributed by atoms with van der Waals surface area (Å²) in [5.74, 6) is -9.90. The van der Waals surface area contributed by atoms with E-state index >= 15 is 0 Å². The first-order chi connectivity index (χ1) is 26.2. The number of carboxylic acids is 6. The molecule has 0 spiro atoms. The molecule has 0 saturated carbocycles. The summed E-state index contributed by atoms with van der Waals surface area (Å²) in [6.45, 7) is 4.32. The number of carbonyl (C=O) groups is 8. The summed E-state index contributed by atoms with van der Waals surface area (Å²) in [7, 11) is 2.01. The van der Waals surface area contributed by atoms with Gasteiger partial charge < -0.3 is 56.4 Å². The smallest absolute Gasteiger partial charge is 0.336 e. The highest BCUT2D eigenvalue weighted by Gasteiger charge is 2.41. The van der Waals surface area contributed by atoms with Crippen LogP contribution in [-0.4, -0.2) is 149 Å². The Hall–Kier alpha value is -5.96. The van der Waals surface area contributed by atoms with Gasteiger partial charge in [0.25, 0.3) is 5.91 Å². The van der Waals surface area contributed by atoms with Crippen molar-refractivity contribution < 1.29 is 79.2 Å². The van der Waals surface area contributed by atoms with E-state index in [2.05, 4.69) is 39.8 Å². The molecule has 0 bridgehead atoms. The van der Waals surface area contributed by atoms with Crippen LogP contribution in [0.1, 0.15) is 66.1 Å². The maximum absolute atomic E-state index is 13.0. The van der Waals surface area contributed by atoms with Gasteiger partial charge in [-0.1, -0.05) is 30.3 Å². The summed E-state index contributed by atoms with van der Waals surface area (Å²) in [5.41, 5.74) is -1.55. The van der Waals surface area contributed by atoms with Gasteiger partial charge in [0.2, 0.25) is 5.91 Å². The lowest BCUT2D eigenvalue weighted by Crippen LogP contribution is -2.49. The van der Waals surface area contributed by atoms with Gasteiger partial charge >= 0.3 is 35.8 Å². The number of rotatable bonds is 16. The molecule has 2 aliphatic rings. The van der Waals surface area contributed by atoms with Crippen LogP contribution in [0, 0.1) is 0 Å². The molecule has 306 valence electrons. The molecular formula is C36H46N4O16. The van der Waals surface area contributed by atoms with Gasteiger partial charge in [-0.25, -0.2) is 9.59 Å². The Morgan fingerprint density at radius 3 is 1.62 bits per heavy atom. The maximum Gasteiger partial charge on any atom is 0.336 e. The third-order valence-corrected chi connectivity index (χ3v) is 8.76. The van der Waals surface area contributed by atoms with Gasteiger partial charge in [-0.15, -0.1) is 0 Å². The number of nitrogens with one attached hydrogen (secondary N) is 2. The molecular weight excluding hydrogens is 744 g/mol. The Balaban J connectivity index is 0.000000347. The van der Waals surface area contributed by atoms with Crippen LogP contribution in [0.4, 0.5) is 5.69 Å². The van der Waals surface area contributed by atoms with Crippen molar-refractivity contribution in [3.8, 4) is 0 Å². The van der Waals surface area contributed by atoms with Gasteiger partial charge in [0.05, 0.1) is 25.7 Å². The van der Waals surface area contributed by atoms with Crippen LogP contribution in [0.2, 0.25) is 0 Å². The van der Waals surface area contributed by atoms with Gasteiger partial charge in [-0.05, 0) is 49.2 Å². The van der Waals surface area contributed by atoms with E-state index in [1.807, 2.05) is 36.2 Å². The SMILES string of the molecule is CNC(CCN1CCN(C(=O)c2ccc3c(c2)CCC(=O)N3)CC1)c1ccccc1.O=C(O)CC(O)(CC(=O)O)C(=O)O.O=C(O)CC(O)(CC(=O)O)C(=O)O. The quantitative estimate of drug-likeness (QED) is 0.108. The van der Waals surface area contributed by atoms with E-state index in [1.165, 1.54) is 5.56 Å². The second kappa shape index (κ2) is 21.2. The highest BCUT2D eigenvalue weighted by Crippen LogP contribution is 2.25. The molecule has 2 heterocycles. The predicted molar refractivity (Wildman–Crippen MR) is 193 cm³/mol. The van der Waals surface area contributed by atoms with E-state index < -0.39 is 72.7 Å². The standard InChI is InChI=1S/C24H30N4O2.2C6H8O7/c1-25-21(18-5-3-2-4-6-18)11-12-27-13-15-28(16-14-27)24(30)20-7-9-22-19(17-20)8-10-23(29)26-22;2*7-3(8)1-6(13,5(11)12)2-4(9)10/h2-7,9,17,21,25H,8,10-16H2,1H3,(H,26,29);2*13H,1-2H2,(H,7,8)(H,9,10)(H,11,12). The van der Waals surface area contributed by atoms with Crippen molar-refractivity contribution >= 4 is 53.3 Å². The zero-order chi connectivity index (χ0) is 42.2. The number of amides is 2. The van der Waals surface area contributed by atoms with Gasteiger partial charge in [0.1, 0.15) is 0 Å². The van der Waals surface area contributed by atoms with Crippen LogP contribution < -0.4 is 10.6 Å². The molecule has 0 radical (unpaired) electrons. The average molecular weight is 791 g/mol. The minimum atomic E-state index is -2.74. The van der Waals surface area contributed by atoms with Crippen molar-refractivity contribution in [1.82, 2.24) is 15.1 Å². The Bertz CT molecular complexity index is 1660. The van der Waals surface area contributed by atoms with Crippen LogP contribution in [0.3, 0.4) is 0 Å². The highest BCUT2D eigenvalue weighted by atomic mass is 16.4. The fraction of sp³-hybridized carbons (Fsp3) is 0.444. The summed E-state index contributed by atoms with van der Waals surface area (Å²) in [6, 6.07) is 16.5. The first kappa shape index (κ1) is 46.2. The Morgan fingerprint density at radius 2 is 1.20 bits per heavy atom. The molecule has 2 aromatic rings. The minimum Gasteiger partial charge on any atom is -0.481 e. The highest BCUT2D eigenvalue weighted by molar-refractivity contribution is 5.98. The predicted octanol–water partition coefficient (Wildman–Crippen LogP) is 0.183. The first-order valence-corrected chi connectivity index (χ1v) is 17.1. The summed E-state index contributed by atoms with van der Waals surface area (Å²) >= 11 is 0. The number of benzene rings is 2. The molecule has 2 amide bonds. The summed E-state index contributed by atoms with van der Waals surface area (Å²) in [4.78, 5) is 89.9. The Morgan fingerprint density at radius 1 is 0.714 bits per heavy atom. The van der Waals surface area contributed by atoms with Gasteiger partial charge in [-0.3, -0.25) is 33.7 Å². The Kier molecular flexibility index (Phi) is 17.5. The van der Waals surface area contributed by atoms with Crippen molar-refractivity contribution in [2.75, 3.05) is 45.1 Å². The third-order valence-electron chi connectivity index (χ3n) is 8.76. The van der Waals surface area contributed by atoms with E-state index in [4.69, 9.17) is 40.9 Å². The van der Waals surface area contributed by atoms with Crippen molar-refractivity contribution in [2.24, 2.45) is 0 Å². The number of anilines is 1. The van der Waals surface area contributed by atoms with E-state index in [0.717, 1.165) is 56.0 Å². The number of carbonyl (C=O) groups excluding carboxylic acids is 2. The van der Waals surface area contributed by atoms with E-state index in [0.29, 0.717) is 18.9 Å². The van der Waals surface area contributed by atoms with E-state index in [9.17, 15) is 38.4 Å². The monoisotopic (exact) mass is 790 g/mol. The molecule has 0 aromatic heterocycles. The lowest BCUT2D eigenvalue weighted by atomic mass is 9.96. The molecule has 56 heavy (non-hydrogen) atoms. The molecule has 2 aromatic carbocycles. The number of piperazine rings is 1. The van der Waals surface area contributed by atoms with Crippen LogP contribution in [0.25, 0.3) is 0 Å². The van der Waals surface area contributed by atoms with Crippen LogP contribution in [0.5, 0.6) is 0 Å². The summed E-state index contributed by atoms with van der Waals surface area (Å²) in [6.07, 6.45) is -2.35. The van der Waals surface area contributed by atoms with Gasteiger partial charge in [-0.2, -0.15) is 0 Å². The zero-order valence-corrected chi connectivity index (χ0v) is 30.4. The number of aliphatic carboxylic acids is 6. The van der Waals surface area contributed by atoms with Crippen LogP contribution >= 0.6 is 0 Å². The molecule has 10 N–H and O–H groups in total. The molecule has 20 nitrogen and oxygen atoms in total. The zero-order valence-electron chi connectivity index (χ0n) is 30.4.